The number of Topliss-reactive ketones (excluding diaryl/α,β-unsaturated/α-hetero) is 1. The van der Waals surface area contributed by atoms with Gasteiger partial charge in [-0.1, -0.05) is 50.8 Å². The number of hydrogen-bond acceptors (Lipinski definition) is 2. The first kappa shape index (κ1) is 14.3. The summed E-state index contributed by atoms with van der Waals surface area (Å²) in [5.74, 6) is 0.0703. The quantitative estimate of drug-likeness (QED) is 0.818. The van der Waals surface area contributed by atoms with Gasteiger partial charge in [-0.05, 0) is 36.8 Å². The van der Waals surface area contributed by atoms with Gasteiger partial charge in [0.05, 0.1) is 0 Å². The van der Waals surface area contributed by atoms with E-state index in [0.29, 0.717) is 5.56 Å². The fourth-order valence-corrected chi connectivity index (χ4v) is 3.00. The molecule has 2 rings (SSSR count). The molecular formula is C17H24O2. The maximum atomic E-state index is 12.4. The van der Waals surface area contributed by atoms with E-state index in [2.05, 4.69) is 6.92 Å². The third-order valence-electron chi connectivity index (χ3n) is 4.12. The summed E-state index contributed by atoms with van der Waals surface area (Å²) in [4.78, 5) is 12.4. The Hall–Kier alpha value is -1.15. The molecule has 0 amide bonds. The lowest BCUT2D eigenvalue weighted by Gasteiger charge is -2.25. The first-order valence-electron chi connectivity index (χ1n) is 7.53. The van der Waals surface area contributed by atoms with Gasteiger partial charge in [-0.15, -0.1) is 0 Å². The standard InChI is InChI=1S/C17H24O2/c1-2-7-13-8-6-11-15(12-13)17(19)16(18)14-9-4-3-5-10-14/h6,8,11-12,14,16,18H,2-5,7,9-10H2,1H3. The van der Waals surface area contributed by atoms with Gasteiger partial charge < -0.3 is 5.11 Å². The van der Waals surface area contributed by atoms with Gasteiger partial charge in [0.2, 0.25) is 0 Å². The number of carbonyl (C=O) groups is 1. The first-order valence-corrected chi connectivity index (χ1v) is 7.53. The minimum Gasteiger partial charge on any atom is -0.385 e. The summed E-state index contributed by atoms with van der Waals surface area (Å²) in [6, 6.07) is 7.74. The molecule has 0 aliphatic heterocycles. The molecule has 0 bridgehead atoms. The van der Waals surface area contributed by atoms with Crippen LogP contribution in [0.2, 0.25) is 0 Å². The van der Waals surface area contributed by atoms with Crippen molar-refractivity contribution in [1.82, 2.24) is 0 Å². The van der Waals surface area contributed by atoms with Gasteiger partial charge in [-0.3, -0.25) is 4.79 Å². The molecule has 2 heteroatoms. The first-order chi connectivity index (χ1) is 9.22. The number of hydrogen-bond donors (Lipinski definition) is 1. The van der Waals surface area contributed by atoms with E-state index in [4.69, 9.17) is 0 Å². The zero-order chi connectivity index (χ0) is 13.7. The number of aliphatic hydroxyl groups is 1. The molecule has 1 aromatic rings. The van der Waals surface area contributed by atoms with Crippen molar-refractivity contribution < 1.29 is 9.90 Å². The number of aliphatic hydroxyl groups excluding tert-OH is 1. The molecule has 1 unspecified atom stereocenters. The second-order valence-electron chi connectivity index (χ2n) is 5.66. The van der Waals surface area contributed by atoms with Crippen LogP contribution in [0.3, 0.4) is 0 Å². The Morgan fingerprint density at radius 3 is 2.74 bits per heavy atom. The predicted octanol–water partition coefficient (Wildman–Crippen LogP) is 3.76. The van der Waals surface area contributed by atoms with Gasteiger partial charge in [-0.2, -0.15) is 0 Å². The number of benzene rings is 1. The van der Waals surface area contributed by atoms with Gasteiger partial charge in [0.15, 0.2) is 5.78 Å². The summed E-state index contributed by atoms with van der Waals surface area (Å²) in [7, 11) is 0. The van der Waals surface area contributed by atoms with Crippen molar-refractivity contribution in [3.8, 4) is 0 Å². The van der Waals surface area contributed by atoms with Crippen molar-refractivity contribution in [2.75, 3.05) is 0 Å². The summed E-state index contributed by atoms with van der Waals surface area (Å²) < 4.78 is 0. The van der Waals surface area contributed by atoms with Crippen LogP contribution in [0.5, 0.6) is 0 Å². The number of carbonyl (C=O) groups excluding carboxylic acids is 1. The second kappa shape index (κ2) is 6.85. The highest BCUT2D eigenvalue weighted by Gasteiger charge is 2.28. The average molecular weight is 260 g/mol. The minimum atomic E-state index is -0.808. The normalized spacial score (nSPS) is 18.2. The van der Waals surface area contributed by atoms with Crippen LogP contribution in [-0.4, -0.2) is 17.0 Å². The number of rotatable bonds is 5. The number of aryl methyl sites for hydroxylation is 1. The fourth-order valence-electron chi connectivity index (χ4n) is 3.00. The highest BCUT2D eigenvalue weighted by atomic mass is 16.3. The summed E-state index contributed by atoms with van der Waals surface area (Å²) in [5.41, 5.74) is 1.85. The van der Waals surface area contributed by atoms with Crippen molar-refractivity contribution in [3.63, 3.8) is 0 Å². The zero-order valence-electron chi connectivity index (χ0n) is 11.8. The largest absolute Gasteiger partial charge is 0.385 e. The summed E-state index contributed by atoms with van der Waals surface area (Å²) in [6.45, 7) is 2.13. The SMILES string of the molecule is CCCc1cccc(C(=O)C(O)C2CCCCC2)c1. The molecule has 19 heavy (non-hydrogen) atoms. The van der Waals surface area contributed by atoms with Crippen LogP contribution in [0.4, 0.5) is 0 Å². The van der Waals surface area contributed by atoms with Gasteiger partial charge in [-0.25, -0.2) is 0 Å². The van der Waals surface area contributed by atoms with Crippen LogP contribution in [-0.2, 0) is 6.42 Å². The van der Waals surface area contributed by atoms with Crippen molar-refractivity contribution >= 4 is 5.78 Å². The van der Waals surface area contributed by atoms with E-state index in [0.717, 1.165) is 38.5 Å². The van der Waals surface area contributed by atoms with Crippen LogP contribution in [0, 0.1) is 5.92 Å². The Morgan fingerprint density at radius 2 is 2.05 bits per heavy atom. The molecule has 1 aliphatic rings. The van der Waals surface area contributed by atoms with Crippen molar-refractivity contribution in [1.29, 1.82) is 0 Å². The molecule has 1 fully saturated rings. The molecule has 0 spiro atoms. The van der Waals surface area contributed by atoms with Crippen LogP contribution < -0.4 is 0 Å². The highest BCUT2D eigenvalue weighted by molar-refractivity contribution is 5.99. The number of ketones is 1. The molecule has 2 nitrogen and oxygen atoms in total. The third-order valence-corrected chi connectivity index (χ3v) is 4.12. The lowest BCUT2D eigenvalue weighted by molar-refractivity contribution is 0.0534. The molecule has 104 valence electrons. The Kier molecular flexibility index (Phi) is 5.15. The molecule has 1 atom stereocenters. The van der Waals surface area contributed by atoms with E-state index >= 15 is 0 Å². The van der Waals surface area contributed by atoms with E-state index in [1.165, 1.54) is 12.0 Å². The van der Waals surface area contributed by atoms with Crippen molar-refractivity contribution in [2.45, 2.75) is 58.0 Å². The summed E-state index contributed by atoms with van der Waals surface area (Å²) >= 11 is 0. The topological polar surface area (TPSA) is 37.3 Å². The average Bonchev–Trinajstić information content (AvgIpc) is 2.47. The van der Waals surface area contributed by atoms with Gasteiger partial charge in [0.1, 0.15) is 6.10 Å². The maximum Gasteiger partial charge on any atom is 0.191 e. The van der Waals surface area contributed by atoms with Crippen LogP contribution in [0.25, 0.3) is 0 Å². The molecule has 0 heterocycles. The Balaban J connectivity index is 2.07. The monoisotopic (exact) mass is 260 g/mol. The summed E-state index contributed by atoms with van der Waals surface area (Å²) in [6.07, 6.45) is 6.75. The van der Waals surface area contributed by atoms with Gasteiger partial charge >= 0.3 is 0 Å². The molecule has 1 N–H and O–H groups in total. The molecule has 1 saturated carbocycles. The lowest BCUT2D eigenvalue weighted by atomic mass is 9.82. The van der Waals surface area contributed by atoms with Crippen molar-refractivity contribution in [2.24, 2.45) is 5.92 Å². The van der Waals surface area contributed by atoms with Gasteiger partial charge in [0.25, 0.3) is 0 Å². The second-order valence-corrected chi connectivity index (χ2v) is 5.66. The third kappa shape index (κ3) is 3.66. The van der Waals surface area contributed by atoms with E-state index in [1.807, 2.05) is 24.3 Å². The highest BCUT2D eigenvalue weighted by Crippen LogP contribution is 2.28. The van der Waals surface area contributed by atoms with E-state index in [9.17, 15) is 9.90 Å². The van der Waals surface area contributed by atoms with Crippen LogP contribution in [0.15, 0.2) is 24.3 Å². The van der Waals surface area contributed by atoms with E-state index in [-0.39, 0.29) is 11.7 Å². The van der Waals surface area contributed by atoms with E-state index in [1.54, 1.807) is 0 Å². The Labute approximate surface area is 115 Å². The molecule has 0 aromatic heterocycles. The smallest absolute Gasteiger partial charge is 0.191 e. The van der Waals surface area contributed by atoms with Gasteiger partial charge in [0, 0.05) is 5.56 Å². The lowest BCUT2D eigenvalue weighted by Crippen LogP contribution is -2.31. The molecule has 1 aromatic carbocycles. The molecule has 1 aliphatic carbocycles. The predicted molar refractivity (Wildman–Crippen MR) is 77.3 cm³/mol. The summed E-state index contributed by atoms with van der Waals surface area (Å²) in [5, 5.41) is 10.3. The van der Waals surface area contributed by atoms with Crippen molar-refractivity contribution in [3.05, 3.63) is 35.4 Å². The van der Waals surface area contributed by atoms with Crippen LogP contribution >= 0.6 is 0 Å². The fraction of sp³-hybridized carbons (Fsp3) is 0.588. The van der Waals surface area contributed by atoms with E-state index < -0.39 is 6.10 Å². The zero-order valence-corrected chi connectivity index (χ0v) is 11.8. The molecule has 0 saturated heterocycles. The van der Waals surface area contributed by atoms with Crippen LogP contribution in [0.1, 0.15) is 61.4 Å². The maximum absolute atomic E-state index is 12.4. The molecule has 0 radical (unpaired) electrons. The Morgan fingerprint density at radius 1 is 1.32 bits per heavy atom. The molecular weight excluding hydrogens is 236 g/mol. The minimum absolute atomic E-state index is 0.0927. The Bertz CT molecular complexity index is 419.